The number of thiophene rings is 1. The largest absolute Gasteiger partial charge is 0.348 e. The molecule has 2 aromatic rings. The Balaban J connectivity index is 1.98. The van der Waals surface area contributed by atoms with Crippen molar-refractivity contribution in [3.05, 3.63) is 59.4 Å². The number of nitrogens with zero attached hydrogens (tertiary/aromatic N) is 1. The van der Waals surface area contributed by atoms with Crippen LogP contribution in [0.3, 0.4) is 0 Å². The Kier molecular flexibility index (Phi) is 6.41. The predicted molar refractivity (Wildman–Crippen MR) is 87.0 cm³/mol. The van der Waals surface area contributed by atoms with Crippen LogP contribution >= 0.6 is 11.3 Å². The Morgan fingerprint density at radius 3 is 2.90 bits per heavy atom. The molecule has 2 rings (SSSR count). The Hall–Kier alpha value is -1.68. The van der Waals surface area contributed by atoms with E-state index in [4.69, 9.17) is 0 Å². The summed E-state index contributed by atoms with van der Waals surface area (Å²) < 4.78 is 0. The second kappa shape index (κ2) is 8.57. The van der Waals surface area contributed by atoms with Crippen molar-refractivity contribution in [1.29, 1.82) is 0 Å². The summed E-state index contributed by atoms with van der Waals surface area (Å²) in [5.41, 5.74) is 1.13. The third kappa shape index (κ3) is 5.31. The topological polar surface area (TPSA) is 42.0 Å². The number of rotatable bonds is 8. The lowest BCUT2D eigenvalue weighted by Crippen LogP contribution is -2.29. The van der Waals surface area contributed by atoms with E-state index in [1.165, 1.54) is 4.88 Å². The summed E-state index contributed by atoms with van der Waals surface area (Å²) in [6.07, 6.45) is 7.76. The van der Waals surface area contributed by atoms with Gasteiger partial charge in [-0.05, 0) is 35.9 Å². The number of unbranched alkanes of at least 4 members (excludes halogenated alkanes) is 2. The first-order valence-corrected chi connectivity index (χ1v) is 8.18. The molecule has 1 atom stereocenters. The summed E-state index contributed by atoms with van der Waals surface area (Å²) in [4.78, 5) is 17.4. The molecule has 0 bridgehead atoms. The zero-order valence-electron chi connectivity index (χ0n) is 12.1. The minimum Gasteiger partial charge on any atom is -0.348 e. The number of hydrogen-bond donors (Lipinski definition) is 1. The molecule has 0 aliphatic rings. The van der Waals surface area contributed by atoms with Crippen molar-refractivity contribution in [2.75, 3.05) is 0 Å². The van der Waals surface area contributed by atoms with E-state index in [-0.39, 0.29) is 11.9 Å². The minimum atomic E-state index is 0.0291. The first kappa shape index (κ1) is 15.7. The van der Waals surface area contributed by atoms with E-state index in [2.05, 4.69) is 23.3 Å². The van der Waals surface area contributed by atoms with E-state index in [0.29, 0.717) is 6.42 Å². The zero-order chi connectivity index (χ0) is 14.9. The summed E-state index contributed by atoms with van der Waals surface area (Å²) in [6, 6.07) is 8.09. The summed E-state index contributed by atoms with van der Waals surface area (Å²) in [5, 5.41) is 5.19. The third-order valence-electron chi connectivity index (χ3n) is 3.29. The molecule has 0 aliphatic carbocycles. The highest BCUT2D eigenvalue weighted by Gasteiger charge is 2.16. The van der Waals surface area contributed by atoms with Gasteiger partial charge in [-0.2, -0.15) is 0 Å². The van der Waals surface area contributed by atoms with E-state index in [0.717, 1.165) is 31.2 Å². The highest BCUT2D eigenvalue weighted by molar-refractivity contribution is 7.10. The van der Waals surface area contributed by atoms with Crippen LogP contribution in [0.5, 0.6) is 0 Å². The van der Waals surface area contributed by atoms with Gasteiger partial charge in [0.05, 0.1) is 6.04 Å². The number of pyridine rings is 1. The van der Waals surface area contributed by atoms with Crippen LogP contribution in [0, 0.1) is 6.92 Å². The van der Waals surface area contributed by atoms with Crippen molar-refractivity contribution in [1.82, 2.24) is 10.3 Å². The lowest BCUT2D eigenvalue weighted by molar-refractivity contribution is -0.121. The molecule has 0 fully saturated rings. The second-order valence-electron chi connectivity index (χ2n) is 5.01. The van der Waals surface area contributed by atoms with Crippen molar-refractivity contribution >= 4 is 17.2 Å². The normalized spacial score (nSPS) is 12.0. The molecular weight excluding hydrogens is 280 g/mol. The Morgan fingerprint density at radius 2 is 2.24 bits per heavy atom. The minimum absolute atomic E-state index is 0.0291. The number of carbonyl (C=O) groups excluding carboxylic acids is 1. The van der Waals surface area contributed by atoms with Crippen LogP contribution in [0.1, 0.15) is 42.2 Å². The number of aromatic nitrogens is 1. The smallest absolute Gasteiger partial charge is 0.220 e. The number of hydrogen-bond acceptors (Lipinski definition) is 3. The van der Waals surface area contributed by atoms with Crippen molar-refractivity contribution in [3.8, 4) is 0 Å². The average Bonchev–Trinajstić information content (AvgIpc) is 3.02. The van der Waals surface area contributed by atoms with Crippen LogP contribution in [0.2, 0.25) is 0 Å². The summed E-state index contributed by atoms with van der Waals surface area (Å²) in [6.45, 7) is 3.80. The quantitative estimate of drug-likeness (QED) is 0.750. The van der Waals surface area contributed by atoms with E-state index >= 15 is 0 Å². The maximum atomic E-state index is 12.1. The second-order valence-corrected chi connectivity index (χ2v) is 5.99. The van der Waals surface area contributed by atoms with Gasteiger partial charge in [0.1, 0.15) is 0 Å². The maximum absolute atomic E-state index is 12.1. The van der Waals surface area contributed by atoms with Gasteiger partial charge >= 0.3 is 0 Å². The highest BCUT2D eigenvalue weighted by Crippen LogP contribution is 2.23. The molecule has 1 unspecified atom stereocenters. The van der Waals surface area contributed by atoms with Gasteiger partial charge in [-0.15, -0.1) is 11.3 Å². The number of carbonyl (C=O) groups is 1. The summed E-state index contributed by atoms with van der Waals surface area (Å²) >= 11 is 1.68. The van der Waals surface area contributed by atoms with Gasteiger partial charge in [0, 0.05) is 23.7 Å². The van der Waals surface area contributed by atoms with Crippen molar-refractivity contribution in [2.45, 2.75) is 38.1 Å². The van der Waals surface area contributed by atoms with Crippen LogP contribution in [0.4, 0.5) is 0 Å². The molecule has 0 aromatic carbocycles. The highest BCUT2D eigenvalue weighted by atomic mass is 32.1. The van der Waals surface area contributed by atoms with Gasteiger partial charge in [-0.3, -0.25) is 9.78 Å². The summed E-state index contributed by atoms with van der Waals surface area (Å²) in [5.74, 6) is 0.116. The van der Waals surface area contributed by atoms with Gasteiger partial charge in [-0.25, -0.2) is 0 Å². The lowest BCUT2D eigenvalue weighted by atomic mass is 10.1. The fourth-order valence-corrected chi connectivity index (χ4v) is 2.97. The first-order chi connectivity index (χ1) is 10.3. The van der Waals surface area contributed by atoms with Crippen molar-refractivity contribution < 1.29 is 4.79 Å². The fourth-order valence-electron chi connectivity index (χ4n) is 2.20. The maximum Gasteiger partial charge on any atom is 0.220 e. The molecule has 21 heavy (non-hydrogen) atoms. The SMILES string of the molecule is [CH2]CCCCC(=O)NC(Cc1cccnc1)c1cccs1. The Morgan fingerprint density at radius 1 is 1.33 bits per heavy atom. The van der Waals surface area contributed by atoms with Gasteiger partial charge in [0.15, 0.2) is 0 Å². The molecule has 1 N–H and O–H groups in total. The monoisotopic (exact) mass is 301 g/mol. The molecule has 1 radical (unpaired) electrons. The molecule has 2 heterocycles. The molecule has 0 saturated carbocycles. The molecule has 2 aromatic heterocycles. The fraction of sp³-hybridized carbons (Fsp3) is 0.353. The molecule has 1 amide bonds. The van der Waals surface area contributed by atoms with Crippen molar-refractivity contribution in [2.24, 2.45) is 0 Å². The molecule has 4 heteroatoms. The van der Waals surface area contributed by atoms with Crippen LogP contribution < -0.4 is 5.32 Å². The van der Waals surface area contributed by atoms with Crippen LogP contribution in [-0.2, 0) is 11.2 Å². The van der Waals surface area contributed by atoms with Gasteiger partial charge in [0.25, 0.3) is 0 Å². The Bertz CT molecular complexity index is 525. The van der Waals surface area contributed by atoms with Gasteiger partial charge in [-0.1, -0.05) is 31.9 Å². The zero-order valence-corrected chi connectivity index (χ0v) is 12.9. The molecular formula is C17H21N2OS. The van der Waals surface area contributed by atoms with Crippen LogP contribution in [0.15, 0.2) is 42.0 Å². The lowest BCUT2D eigenvalue weighted by Gasteiger charge is -2.17. The number of nitrogens with one attached hydrogen (secondary N) is 1. The molecule has 0 saturated heterocycles. The number of amides is 1. The van der Waals surface area contributed by atoms with Gasteiger partial charge < -0.3 is 5.32 Å². The standard InChI is InChI=1S/C17H21N2OS/c1-2-3-4-9-17(20)19-15(16-8-6-11-21-16)12-14-7-5-10-18-13-14/h5-8,10-11,13,15H,1-4,9,12H2,(H,19,20). The van der Waals surface area contributed by atoms with E-state index < -0.39 is 0 Å². The predicted octanol–water partition coefficient (Wildman–Crippen LogP) is 3.94. The molecule has 0 spiro atoms. The average molecular weight is 301 g/mol. The van der Waals surface area contributed by atoms with Crippen LogP contribution in [-0.4, -0.2) is 10.9 Å². The Labute approximate surface area is 130 Å². The first-order valence-electron chi connectivity index (χ1n) is 7.30. The van der Waals surface area contributed by atoms with E-state index in [1.54, 1.807) is 17.5 Å². The molecule has 3 nitrogen and oxygen atoms in total. The van der Waals surface area contributed by atoms with E-state index in [1.807, 2.05) is 29.8 Å². The van der Waals surface area contributed by atoms with Gasteiger partial charge in [0.2, 0.25) is 5.91 Å². The van der Waals surface area contributed by atoms with Crippen molar-refractivity contribution in [3.63, 3.8) is 0 Å². The summed E-state index contributed by atoms with van der Waals surface area (Å²) in [7, 11) is 0. The molecule has 0 aliphatic heterocycles. The molecule has 111 valence electrons. The van der Waals surface area contributed by atoms with E-state index in [9.17, 15) is 4.79 Å². The van der Waals surface area contributed by atoms with Crippen LogP contribution in [0.25, 0.3) is 0 Å². The third-order valence-corrected chi connectivity index (χ3v) is 4.27.